The third-order valence-corrected chi connectivity index (χ3v) is 11.7. The molecule has 51 heavy (non-hydrogen) atoms. The molecule has 8 aromatic carbocycles. The Hall–Kier alpha value is -6.42. The molecule has 0 saturated carbocycles. The van der Waals surface area contributed by atoms with E-state index in [2.05, 4.69) is 191 Å². The number of aromatic nitrogens is 2. The maximum Gasteiger partial charge on any atom is 0.0547 e. The Morgan fingerprint density at radius 1 is 0.275 bits per heavy atom. The molecule has 0 saturated heterocycles. The molecular weight excluding hydrogens is 637 g/mol. The van der Waals surface area contributed by atoms with E-state index in [1.54, 1.807) is 0 Å². The van der Waals surface area contributed by atoms with Gasteiger partial charge in [-0.05, 0) is 82.9 Å². The minimum atomic E-state index is 1.17. The van der Waals surface area contributed by atoms with Crippen molar-refractivity contribution < 1.29 is 0 Å². The fourth-order valence-corrected chi connectivity index (χ4v) is 9.28. The van der Waals surface area contributed by atoms with Crippen LogP contribution in [0.25, 0.3) is 97.4 Å². The van der Waals surface area contributed by atoms with Gasteiger partial charge in [-0.25, -0.2) is 0 Å². The van der Waals surface area contributed by atoms with Crippen LogP contribution < -0.4 is 0 Å². The number of rotatable bonds is 4. The van der Waals surface area contributed by atoms with Gasteiger partial charge < -0.3 is 9.13 Å². The molecule has 0 bridgehead atoms. The minimum Gasteiger partial charge on any atom is -0.309 e. The van der Waals surface area contributed by atoms with E-state index in [-0.39, 0.29) is 0 Å². The Morgan fingerprint density at radius 2 is 0.784 bits per heavy atom. The summed E-state index contributed by atoms with van der Waals surface area (Å²) in [5, 5.41) is 7.73. The topological polar surface area (TPSA) is 9.86 Å². The number of fused-ring (bicyclic) bond motifs is 9. The average molecular weight is 667 g/mol. The third-order valence-electron chi connectivity index (χ3n) is 10.5. The van der Waals surface area contributed by atoms with Gasteiger partial charge in [0.1, 0.15) is 0 Å². The Morgan fingerprint density at radius 3 is 1.55 bits per heavy atom. The first-order chi connectivity index (χ1) is 25.3. The van der Waals surface area contributed by atoms with E-state index in [9.17, 15) is 0 Å². The second-order valence-corrected chi connectivity index (χ2v) is 14.4. The Labute approximate surface area is 298 Å². The lowest BCUT2D eigenvalue weighted by atomic mass is 9.98. The SMILES string of the molecule is c1ccc(-n2c3ccccc3c3ccc(-c4ccc(-c5ccc6c(c5)c5ccccc5n6-c5ccc6c(c5)sc5ccccc56)cc4)cc32)cc1. The standard InChI is InChI=1S/C48H30N2S/c1-2-10-35(11-3-1)49-43-15-7-4-12-37(43)39-25-22-34(29-46(39)49)32-20-18-31(19-21-32)33-23-27-45-42(28-33)38-13-5-8-16-44(38)50(45)36-24-26-41-40-14-6-9-17-47(40)51-48(41)30-36/h1-30H. The molecule has 0 radical (unpaired) electrons. The van der Waals surface area contributed by atoms with Gasteiger partial charge in [0, 0.05) is 53.1 Å². The van der Waals surface area contributed by atoms with Gasteiger partial charge in [-0.1, -0.05) is 121 Å². The van der Waals surface area contributed by atoms with E-state index < -0.39 is 0 Å². The monoisotopic (exact) mass is 666 g/mol. The van der Waals surface area contributed by atoms with E-state index in [0.29, 0.717) is 0 Å². The van der Waals surface area contributed by atoms with Crippen LogP contribution in [0.5, 0.6) is 0 Å². The second-order valence-electron chi connectivity index (χ2n) is 13.4. The molecule has 0 aliphatic carbocycles. The molecule has 0 aliphatic heterocycles. The first-order valence-corrected chi connectivity index (χ1v) is 18.2. The van der Waals surface area contributed by atoms with Crippen LogP contribution in [0.1, 0.15) is 0 Å². The molecule has 0 spiro atoms. The van der Waals surface area contributed by atoms with Crippen LogP contribution in [-0.2, 0) is 0 Å². The summed E-state index contributed by atoms with van der Waals surface area (Å²) in [7, 11) is 0. The number of benzene rings is 8. The molecule has 11 rings (SSSR count). The molecule has 11 aromatic rings. The highest BCUT2D eigenvalue weighted by molar-refractivity contribution is 7.25. The van der Waals surface area contributed by atoms with Gasteiger partial charge in [0.2, 0.25) is 0 Å². The molecular formula is C48H30N2S. The molecule has 0 N–H and O–H groups in total. The predicted molar refractivity (Wildman–Crippen MR) is 219 cm³/mol. The highest BCUT2D eigenvalue weighted by Crippen LogP contribution is 2.40. The van der Waals surface area contributed by atoms with E-state index in [1.165, 1.54) is 97.4 Å². The van der Waals surface area contributed by atoms with Gasteiger partial charge in [-0.15, -0.1) is 11.3 Å². The molecule has 3 heteroatoms. The number of hydrogen-bond donors (Lipinski definition) is 0. The van der Waals surface area contributed by atoms with Crippen molar-refractivity contribution in [2.45, 2.75) is 0 Å². The minimum absolute atomic E-state index is 1.17. The molecule has 0 amide bonds. The summed E-state index contributed by atoms with van der Waals surface area (Å²) in [6, 6.07) is 66.7. The largest absolute Gasteiger partial charge is 0.309 e. The summed E-state index contributed by atoms with van der Waals surface area (Å²) in [5.74, 6) is 0. The summed E-state index contributed by atoms with van der Waals surface area (Å²) in [4.78, 5) is 0. The highest BCUT2D eigenvalue weighted by Gasteiger charge is 2.16. The lowest BCUT2D eigenvalue weighted by molar-refractivity contribution is 1.18. The fourth-order valence-electron chi connectivity index (χ4n) is 8.14. The highest BCUT2D eigenvalue weighted by atomic mass is 32.1. The maximum absolute atomic E-state index is 2.42. The molecule has 0 unspecified atom stereocenters. The predicted octanol–water partition coefficient (Wildman–Crippen LogP) is 13.6. The van der Waals surface area contributed by atoms with Gasteiger partial charge in [0.05, 0.1) is 22.1 Å². The van der Waals surface area contributed by atoms with E-state index in [1.807, 2.05) is 11.3 Å². The van der Waals surface area contributed by atoms with E-state index in [0.717, 1.165) is 0 Å². The van der Waals surface area contributed by atoms with Crippen LogP contribution in [0, 0.1) is 0 Å². The lowest BCUT2D eigenvalue weighted by Crippen LogP contribution is -1.93. The van der Waals surface area contributed by atoms with Crippen molar-refractivity contribution in [1.29, 1.82) is 0 Å². The normalized spacial score (nSPS) is 11.9. The first-order valence-electron chi connectivity index (χ1n) is 17.4. The van der Waals surface area contributed by atoms with Crippen molar-refractivity contribution in [1.82, 2.24) is 9.13 Å². The first kappa shape index (κ1) is 28.4. The van der Waals surface area contributed by atoms with Crippen molar-refractivity contribution in [3.8, 4) is 33.6 Å². The lowest BCUT2D eigenvalue weighted by Gasteiger charge is -2.10. The smallest absolute Gasteiger partial charge is 0.0547 e. The van der Waals surface area contributed by atoms with Gasteiger partial charge in [0.15, 0.2) is 0 Å². The Bertz CT molecular complexity index is 3120. The van der Waals surface area contributed by atoms with Crippen LogP contribution in [-0.4, -0.2) is 9.13 Å². The van der Waals surface area contributed by atoms with Crippen molar-refractivity contribution in [3.63, 3.8) is 0 Å². The van der Waals surface area contributed by atoms with Crippen molar-refractivity contribution in [2.24, 2.45) is 0 Å². The van der Waals surface area contributed by atoms with Gasteiger partial charge in [0.25, 0.3) is 0 Å². The van der Waals surface area contributed by atoms with E-state index in [4.69, 9.17) is 0 Å². The van der Waals surface area contributed by atoms with Crippen molar-refractivity contribution in [2.75, 3.05) is 0 Å². The third kappa shape index (κ3) is 4.35. The average Bonchev–Trinajstić information content (AvgIpc) is 3.85. The van der Waals surface area contributed by atoms with Crippen LogP contribution in [0.2, 0.25) is 0 Å². The molecule has 2 nitrogen and oxygen atoms in total. The second kappa shape index (κ2) is 11.0. The van der Waals surface area contributed by atoms with Crippen molar-refractivity contribution in [3.05, 3.63) is 182 Å². The number of nitrogens with zero attached hydrogens (tertiary/aromatic N) is 2. The van der Waals surface area contributed by atoms with E-state index >= 15 is 0 Å². The molecule has 3 aromatic heterocycles. The zero-order valence-corrected chi connectivity index (χ0v) is 28.4. The summed E-state index contributed by atoms with van der Waals surface area (Å²) >= 11 is 1.87. The molecule has 3 heterocycles. The summed E-state index contributed by atoms with van der Waals surface area (Å²) in [6.45, 7) is 0. The van der Waals surface area contributed by atoms with Crippen molar-refractivity contribution >= 4 is 75.1 Å². The molecule has 0 atom stereocenters. The quantitative estimate of drug-likeness (QED) is 0.177. The maximum atomic E-state index is 2.42. The van der Waals surface area contributed by atoms with Gasteiger partial charge in [-0.2, -0.15) is 0 Å². The molecule has 0 fully saturated rings. The number of hydrogen-bond acceptors (Lipinski definition) is 1. The Kier molecular flexibility index (Phi) is 6.16. The zero-order chi connectivity index (χ0) is 33.5. The van der Waals surface area contributed by atoms with Gasteiger partial charge >= 0.3 is 0 Å². The zero-order valence-electron chi connectivity index (χ0n) is 27.6. The van der Waals surface area contributed by atoms with Crippen LogP contribution in [0.4, 0.5) is 0 Å². The van der Waals surface area contributed by atoms with Crippen LogP contribution in [0.15, 0.2) is 182 Å². The molecule has 0 aliphatic rings. The number of para-hydroxylation sites is 3. The Balaban J connectivity index is 0.998. The van der Waals surface area contributed by atoms with Crippen LogP contribution in [0.3, 0.4) is 0 Å². The summed E-state index contributed by atoms with van der Waals surface area (Å²) in [6.07, 6.45) is 0. The molecule has 238 valence electrons. The summed E-state index contributed by atoms with van der Waals surface area (Å²) in [5.41, 5.74) is 12.1. The fraction of sp³-hybridized carbons (Fsp3) is 0. The van der Waals surface area contributed by atoms with Crippen LogP contribution >= 0.6 is 11.3 Å². The number of thiophene rings is 1. The van der Waals surface area contributed by atoms with Gasteiger partial charge in [-0.3, -0.25) is 0 Å². The summed E-state index contributed by atoms with van der Waals surface area (Å²) < 4.78 is 7.46.